The van der Waals surface area contributed by atoms with Crippen LogP contribution in [0.2, 0.25) is 5.02 Å². The summed E-state index contributed by atoms with van der Waals surface area (Å²) in [5, 5.41) is 3.26. The van der Waals surface area contributed by atoms with Crippen LogP contribution >= 0.6 is 35.6 Å². The van der Waals surface area contributed by atoms with E-state index in [1.807, 2.05) is 13.8 Å². The normalized spacial score (nSPS) is 19.2. The Bertz CT molecular complexity index is 737. The van der Waals surface area contributed by atoms with Gasteiger partial charge in [0.2, 0.25) is 0 Å². The highest BCUT2D eigenvalue weighted by molar-refractivity contribution is 8.24. The SMILES string of the molecule is CCOC(=O)CN1C(=O)C(NC(=O)c2ccc(Cl)cc2)C(C)(C)SC1=S. The van der Waals surface area contributed by atoms with Crippen molar-refractivity contribution in [3.8, 4) is 0 Å². The summed E-state index contributed by atoms with van der Waals surface area (Å²) >= 11 is 12.4. The number of ether oxygens (including phenoxy) is 1. The highest BCUT2D eigenvalue weighted by Crippen LogP contribution is 2.36. The number of amides is 2. The zero-order chi connectivity index (χ0) is 19.5. The lowest BCUT2D eigenvalue weighted by molar-refractivity contribution is -0.147. The summed E-state index contributed by atoms with van der Waals surface area (Å²) in [4.78, 5) is 38.3. The molecule has 1 aliphatic rings. The largest absolute Gasteiger partial charge is 0.465 e. The van der Waals surface area contributed by atoms with Gasteiger partial charge in [-0.1, -0.05) is 35.6 Å². The van der Waals surface area contributed by atoms with Crippen molar-refractivity contribution in [2.75, 3.05) is 13.2 Å². The Morgan fingerprint density at radius 1 is 1.35 bits per heavy atom. The number of nitrogens with zero attached hydrogens (tertiary/aromatic N) is 1. The number of hydrogen-bond acceptors (Lipinski definition) is 6. The van der Waals surface area contributed by atoms with E-state index in [2.05, 4.69) is 5.32 Å². The fourth-order valence-electron chi connectivity index (χ4n) is 2.41. The van der Waals surface area contributed by atoms with Crippen LogP contribution in [0.5, 0.6) is 0 Å². The van der Waals surface area contributed by atoms with Crippen molar-refractivity contribution in [3.05, 3.63) is 34.9 Å². The number of nitrogens with one attached hydrogen (secondary N) is 1. The van der Waals surface area contributed by atoms with Crippen LogP contribution in [0, 0.1) is 0 Å². The first-order chi connectivity index (χ1) is 12.2. The zero-order valence-electron chi connectivity index (χ0n) is 14.6. The van der Waals surface area contributed by atoms with Gasteiger partial charge in [-0.15, -0.1) is 0 Å². The molecule has 1 fully saturated rings. The summed E-state index contributed by atoms with van der Waals surface area (Å²) in [5.74, 6) is -1.39. The van der Waals surface area contributed by atoms with E-state index in [0.717, 1.165) is 0 Å². The Kier molecular flexibility index (Phi) is 6.65. The second-order valence-corrected chi connectivity index (χ2v) is 8.84. The zero-order valence-corrected chi connectivity index (χ0v) is 17.0. The summed E-state index contributed by atoms with van der Waals surface area (Å²) < 4.78 is 4.51. The molecule has 0 bridgehead atoms. The molecule has 6 nitrogen and oxygen atoms in total. The van der Waals surface area contributed by atoms with Gasteiger partial charge >= 0.3 is 5.97 Å². The lowest BCUT2D eigenvalue weighted by Crippen LogP contribution is -2.62. The molecule has 140 valence electrons. The molecule has 0 aliphatic carbocycles. The molecule has 1 aliphatic heterocycles. The minimum atomic E-state index is -0.850. The average Bonchev–Trinajstić information content (AvgIpc) is 2.56. The molecule has 0 aromatic heterocycles. The molecule has 1 N–H and O–H groups in total. The highest BCUT2D eigenvalue weighted by Gasteiger charge is 2.47. The molecule has 1 unspecified atom stereocenters. The smallest absolute Gasteiger partial charge is 0.326 e. The second-order valence-electron chi connectivity index (χ2n) is 6.11. The molecule has 1 saturated heterocycles. The van der Waals surface area contributed by atoms with Crippen LogP contribution in [0.25, 0.3) is 0 Å². The van der Waals surface area contributed by atoms with E-state index in [0.29, 0.717) is 10.6 Å². The van der Waals surface area contributed by atoms with Crippen molar-refractivity contribution < 1.29 is 19.1 Å². The predicted octanol–water partition coefficient (Wildman–Crippen LogP) is 2.64. The fourth-order valence-corrected chi connectivity index (χ4v) is 4.33. The molecule has 2 rings (SSSR count). The van der Waals surface area contributed by atoms with Gasteiger partial charge in [-0.25, -0.2) is 0 Å². The van der Waals surface area contributed by atoms with E-state index in [9.17, 15) is 14.4 Å². The first kappa shape index (κ1) is 20.7. The maximum absolute atomic E-state index is 12.9. The fraction of sp³-hybridized carbons (Fsp3) is 0.412. The maximum atomic E-state index is 12.9. The third kappa shape index (κ3) is 4.75. The molecule has 2 amide bonds. The highest BCUT2D eigenvalue weighted by atomic mass is 35.5. The Morgan fingerprint density at radius 2 is 1.96 bits per heavy atom. The molecule has 1 heterocycles. The molecule has 1 atom stereocenters. The molecule has 0 radical (unpaired) electrons. The Hall–Kier alpha value is -1.64. The lowest BCUT2D eigenvalue weighted by Gasteiger charge is -2.42. The quantitative estimate of drug-likeness (QED) is 0.589. The van der Waals surface area contributed by atoms with E-state index in [1.54, 1.807) is 31.2 Å². The van der Waals surface area contributed by atoms with Crippen molar-refractivity contribution in [2.24, 2.45) is 0 Å². The van der Waals surface area contributed by atoms with Crippen LogP contribution in [0.15, 0.2) is 24.3 Å². The Labute approximate surface area is 166 Å². The molecule has 26 heavy (non-hydrogen) atoms. The molecule has 1 aromatic rings. The van der Waals surface area contributed by atoms with Gasteiger partial charge in [0.25, 0.3) is 11.8 Å². The summed E-state index contributed by atoms with van der Waals surface area (Å²) in [7, 11) is 0. The molecular weight excluding hydrogens is 396 g/mol. The number of carbonyl (C=O) groups excluding carboxylic acids is 3. The van der Waals surface area contributed by atoms with E-state index < -0.39 is 28.6 Å². The number of rotatable bonds is 5. The van der Waals surface area contributed by atoms with Gasteiger partial charge in [0.1, 0.15) is 16.9 Å². The Morgan fingerprint density at radius 3 is 2.54 bits per heavy atom. The molecular formula is C17H19ClN2O4S2. The van der Waals surface area contributed by atoms with Gasteiger partial charge in [0.15, 0.2) is 0 Å². The standard InChI is InChI=1S/C17H19ClN2O4S2/c1-4-24-12(21)9-20-15(23)13(17(2,3)26-16(20)25)19-14(22)10-5-7-11(18)8-6-10/h5-8,13H,4,9H2,1-3H3,(H,19,22). The van der Waals surface area contributed by atoms with Gasteiger partial charge < -0.3 is 10.1 Å². The number of benzene rings is 1. The van der Waals surface area contributed by atoms with Crippen LogP contribution < -0.4 is 5.32 Å². The summed E-state index contributed by atoms with van der Waals surface area (Å²) in [6.07, 6.45) is 0. The first-order valence-corrected chi connectivity index (χ1v) is 9.52. The van der Waals surface area contributed by atoms with Crippen LogP contribution in [-0.2, 0) is 14.3 Å². The lowest BCUT2D eigenvalue weighted by atomic mass is 10.0. The van der Waals surface area contributed by atoms with Gasteiger partial charge in [0, 0.05) is 15.3 Å². The predicted molar refractivity (Wildman–Crippen MR) is 105 cm³/mol. The first-order valence-electron chi connectivity index (χ1n) is 7.92. The molecule has 0 spiro atoms. The number of thioether (sulfide) groups is 1. The van der Waals surface area contributed by atoms with E-state index >= 15 is 0 Å². The van der Waals surface area contributed by atoms with Crippen LogP contribution in [0.3, 0.4) is 0 Å². The minimum absolute atomic E-state index is 0.211. The topological polar surface area (TPSA) is 75.7 Å². The minimum Gasteiger partial charge on any atom is -0.465 e. The van der Waals surface area contributed by atoms with Crippen LogP contribution in [0.4, 0.5) is 0 Å². The third-order valence-electron chi connectivity index (χ3n) is 3.75. The molecule has 0 saturated carbocycles. The average molecular weight is 415 g/mol. The molecule has 1 aromatic carbocycles. The monoisotopic (exact) mass is 414 g/mol. The maximum Gasteiger partial charge on any atom is 0.326 e. The van der Waals surface area contributed by atoms with Gasteiger partial charge in [-0.2, -0.15) is 0 Å². The number of halogens is 1. The number of carbonyl (C=O) groups is 3. The van der Waals surface area contributed by atoms with Crippen molar-refractivity contribution in [1.29, 1.82) is 0 Å². The van der Waals surface area contributed by atoms with Crippen molar-refractivity contribution in [2.45, 2.75) is 31.6 Å². The number of thiocarbonyl (C=S) groups is 1. The summed E-state index contributed by atoms with van der Waals surface area (Å²) in [6.45, 7) is 5.25. The van der Waals surface area contributed by atoms with E-state index in [1.165, 1.54) is 16.7 Å². The molecule has 9 heteroatoms. The van der Waals surface area contributed by atoms with Crippen molar-refractivity contribution >= 4 is 57.7 Å². The van der Waals surface area contributed by atoms with Gasteiger partial charge in [-0.05, 0) is 45.0 Å². The van der Waals surface area contributed by atoms with E-state index in [-0.39, 0.29) is 17.5 Å². The summed E-state index contributed by atoms with van der Waals surface area (Å²) in [6, 6.07) is 5.50. The third-order valence-corrected chi connectivity index (χ3v) is 5.63. The van der Waals surface area contributed by atoms with Gasteiger partial charge in [0.05, 0.1) is 6.61 Å². The van der Waals surface area contributed by atoms with Crippen LogP contribution in [-0.4, -0.2) is 50.9 Å². The van der Waals surface area contributed by atoms with E-state index in [4.69, 9.17) is 28.6 Å². The second kappa shape index (κ2) is 8.37. The number of hydrogen-bond donors (Lipinski definition) is 1. The van der Waals surface area contributed by atoms with Gasteiger partial charge in [-0.3, -0.25) is 19.3 Å². The summed E-state index contributed by atoms with van der Waals surface area (Å²) in [5.41, 5.74) is 0.382. The number of esters is 1. The Balaban J connectivity index is 2.19. The van der Waals surface area contributed by atoms with Crippen LogP contribution in [0.1, 0.15) is 31.1 Å². The van der Waals surface area contributed by atoms with Crippen molar-refractivity contribution in [3.63, 3.8) is 0 Å². The van der Waals surface area contributed by atoms with Crippen molar-refractivity contribution in [1.82, 2.24) is 10.2 Å².